The summed E-state index contributed by atoms with van der Waals surface area (Å²) in [6.45, 7) is 9.83. The summed E-state index contributed by atoms with van der Waals surface area (Å²) >= 11 is 0. The van der Waals surface area contributed by atoms with E-state index in [4.69, 9.17) is 10.00 Å². The molecule has 1 aromatic carbocycles. The van der Waals surface area contributed by atoms with Gasteiger partial charge in [-0.05, 0) is 17.5 Å². The highest BCUT2D eigenvalue weighted by Gasteiger charge is 2.24. The number of methoxy groups -OCH3 is 1. The third kappa shape index (κ3) is 3.97. The van der Waals surface area contributed by atoms with E-state index in [2.05, 4.69) is 51.2 Å². The topological polar surface area (TPSA) is 45.0 Å². The Bertz CT molecular complexity index is 458. The van der Waals surface area contributed by atoms with E-state index >= 15 is 0 Å². The largest absolute Gasteiger partial charge is 0.496 e. The molecule has 0 amide bonds. The molecule has 0 bridgehead atoms. The number of rotatable bonds is 6. The number of hydrogen-bond acceptors (Lipinski definition) is 3. The Morgan fingerprint density at radius 2 is 2.05 bits per heavy atom. The molecule has 0 atom stereocenters. The smallest absolute Gasteiger partial charge is 0.122 e. The van der Waals surface area contributed by atoms with Crippen molar-refractivity contribution >= 4 is 0 Å². The molecule has 3 nitrogen and oxygen atoms in total. The molecule has 0 heterocycles. The Morgan fingerprint density at radius 3 is 2.58 bits per heavy atom. The van der Waals surface area contributed by atoms with Gasteiger partial charge in [-0.3, -0.25) is 0 Å². The predicted molar refractivity (Wildman–Crippen MR) is 78.6 cm³/mol. The van der Waals surface area contributed by atoms with Gasteiger partial charge in [0.15, 0.2) is 0 Å². The Morgan fingerprint density at radius 1 is 1.37 bits per heavy atom. The van der Waals surface area contributed by atoms with Crippen LogP contribution in [-0.2, 0) is 5.41 Å². The van der Waals surface area contributed by atoms with Crippen molar-refractivity contribution in [3.05, 3.63) is 29.3 Å². The van der Waals surface area contributed by atoms with Gasteiger partial charge in [0.1, 0.15) is 5.75 Å². The molecule has 0 radical (unpaired) electrons. The number of ether oxygens (including phenoxy) is 1. The molecule has 0 aliphatic carbocycles. The van der Waals surface area contributed by atoms with Gasteiger partial charge in [0.05, 0.1) is 19.7 Å². The highest BCUT2D eigenvalue weighted by Crippen LogP contribution is 2.33. The zero-order chi connectivity index (χ0) is 14.5. The molecule has 0 aromatic heterocycles. The molecule has 0 aliphatic heterocycles. The van der Waals surface area contributed by atoms with Crippen LogP contribution in [0.1, 0.15) is 44.7 Å². The van der Waals surface area contributed by atoms with E-state index in [-0.39, 0.29) is 5.41 Å². The average Bonchev–Trinajstić information content (AvgIpc) is 2.38. The second-order valence-electron chi connectivity index (χ2n) is 5.76. The summed E-state index contributed by atoms with van der Waals surface area (Å²) in [4.78, 5) is 0. The minimum Gasteiger partial charge on any atom is -0.496 e. The summed E-state index contributed by atoms with van der Waals surface area (Å²) in [7, 11) is 1.70. The van der Waals surface area contributed by atoms with Crippen LogP contribution < -0.4 is 10.1 Å². The van der Waals surface area contributed by atoms with E-state index in [9.17, 15) is 0 Å². The Kier molecular flexibility index (Phi) is 5.38. The Hall–Kier alpha value is -1.53. The van der Waals surface area contributed by atoms with Crippen molar-refractivity contribution in [1.82, 2.24) is 5.32 Å². The van der Waals surface area contributed by atoms with E-state index in [1.165, 1.54) is 11.1 Å². The van der Waals surface area contributed by atoms with Crippen LogP contribution in [0.25, 0.3) is 0 Å². The van der Waals surface area contributed by atoms with E-state index in [0.717, 1.165) is 12.3 Å². The quantitative estimate of drug-likeness (QED) is 0.631. The Balaban J connectivity index is 3.07. The van der Waals surface area contributed by atoms with Crippen molar-refractivity contribution in [2.75, 3.05) is 20.2 Å². The van der Waals surface area contributed by atoms with Crippen molar-refractivity contribution in [3.63, 3.8) is 0 Å². The fourth-order valence-electron chi connectivity index (χ4n) is 2.14. The molecule has 19 heavy (non-hydrogen) atoms. The van der Waals surface area contributed by atoms with Crippen molar-refractivity contribution in [2.24, 2.45) is 0 Å². The molecule has 0 spiro atoms. The lowest BCUT2D eigenvalue weighted by Gasteiger charge is -2.28. The molecule has 0 saturated carbocycles. The summed E-state index contributed by atoms with van der Waals surface area (Å²) < 4.78 is 5.48. The van der Waals surface area contributed by atoms with Gasteiger partial charge >= 0.3 is 0 Å². The van der Waals surface area contributed by atoms with E-state index < -0.39 is 0 Å². The highest BCUT2D eigenvalue weighted by atomic mass is 16.5. The molecule has 0 saturated heterocycles. The highest BCUT2D eigenvalue weighted by molar-refractivity contribution is 5.43. The first-order chi connectivity index (χ1) is 8.92. The zero-order valence-corrected chi connectivity index (χ0v) is 12.6. The van der Waals surface area contributed by atoms with Gasteiger partial charge in [0.25, 0.3) is 0 Å². The van der Waals surface area contributed by atoms with Gasteiger partial charge in [-0.2, -0.15) is 5.26 Å². The van der Waals surface area contributed by atoms with Crippen molar-refractivity contribution < 1.29 is 4.74 Å². The fraction of sp³-hybridized carbons (Fsp3) is 0.562. The summed E-state index contributed by atoms with van der Waals surface area (Å²) in [5.74, 6) is 1.40. The zero-order valence-electron chi connectivity index (χ0n) is 12.6. The molecule has 1 N–H and O–H groups in total. The predicted octanol–water partition coefficient (Wildman–Crippen LogP) is 3.21. The summed E-state index contributed by atoms with van der Waals surface area (Å²) in [5.41, 5.74) is 2.42. The first kappa shape index (κ1) is 15.5. The molecule has 0 aliphatic rings. The second-order valence-corrected chi connectivity index (χ2v) is 5.76. The van der Waals surface area contributed by atoms with Crippen LogP contribution in [0.15, 0.2) is 18.2 Å². The van der Waals surface area contributed by atoms with Gasteiger partial charge < -0.3 is 10.1 Å². The van der Waals surface area contributed by atoms with Crippen LogP contribution in [0.4, 0.5) is 0 Å². The minimum absolute atomic E-state index is 0.0763. The van der Waals surface area contributed by atoms with Gasteiger partial charge in [-0.1, -0.05) is 39.8 Å². The van der Waals surface area contributed by atoms with Gasteiger partial charge in [0.2, 0.25) is 0 Å². The Labute approximate surface area is 116 Å². The molecule has 1 rings (SSSR count). The SMILES string of the molecule is COc1ccc(C(C)C)cc1C(C)(C)CNCC#N. The standard InChI is InChI=1S/C16H24N2O/c1-12(2)13-6-7-15(19-5)14(10-13)16(3,4)11-18-9-8-17/h6-7,10,12,18H,9,11H2,1-5H3. The first-order valence-electron chi connectivity index (χ1n) is 6.68. The van der Waals surface area contributed by atoms with Gasteiger partial charge in [-0.25, -0.2) is 0 Å². The lowest BCUT2D eigenvalue weighted by Crippen LogP contribution is -2.33. The number of benzene rings is 1. The maximum absolute atomic E-state index is 8.61. The van der Waals surface area contributed by atoms with Gasteiger partial charge in [-0.15, -0.1) is 0 Å². The summed E-state index contributed by atoms with van der Waals surface area (Å²) in [6, 6.07) is 8.48. The van der Waals surface area contributed by atoms with E-state index in [1.807, 2.05) is 6.07 Å². The molecular weight excluding hydrogens is 236 g/mol. The van der Waals surface area contributed by atoms with Crippen LogP contribution in [-0.4, -0.2) is 20.2 Å². The van der Waals surface area contributed by atoms with Gasteiger partial charge in [0, 0.05) is 17.5 Å². The van der Waals surface area contributed by atoms with Crippen LogP contribution in [0, 0.1) is 11.3 Å². The molecule has 104 valence electrons. The summed E-state index contributed by atoms with van der Waals surface area (Å²) in [5, 5.41) is 11.8. The van der Waals surface area contributed by atoms with E-state index in [1.54, 1.807) is 7.11 Å². The molecule has 3 heteroatoms. The third-order valence-electron chi connectivity index (χ3n) is 3.39. The first-order valence-corrected chi connectivity index (χ1v) is 6.68. The van der Waals surface area contributed by atoms with E-state index in [0.29, 0.717) is 12.5 Å². The van der Waals surface area contributed by atoms with Crippen molar-refractivity contribution in [2.45, 2.75) is 39.0 Å². The maximum Gasteiger partial charge on any atom is 0.122 e. The number of hydrogen-bond donors (Lipinski definition) is 1. The lowest BCUT2D eigenvalue weighted by atomic mass is 9.82. The third-order valence-corrected chi connectivity index (χ3v) is 3.39. The normalized spacial score (nSPS) is 11.4. The molecule has 0 fully saturated rings. The maximum atomic E-state index is 8.61. The molecule has 0 unspecified atom stereocenters. The van der Waals surface area contributed by atoms with Crippen LogP contribution in [0.5, 0.6) is 5.75 Å². The van der Waals surface area contributed by atoms with Crippen LogP contribution >= 0.6 is 0 Å². The molecular formula is C16H24N2O. The number of nitrogens with zero attached hydrogens (tertiary/aromatic N) is 1. The summed E-state index contributed by atoms with van der Waals surface area (Å²) in [6.07, 6.45) is 0. The number of nitriles is 1. The molecule has 1 aromatic rings. The average molecular weight is 260 g/mol. The monoisotopic (exact) mass is 260 g/mol. The minimum atomic E-state index is -0.0763. The lowest BCUT2D eigenvalue weighted by molar-refractivity contribution is 0.387. The van der Waals surface area contributed by atoms with Crippen molar-refractivity contribution in [3.8, 4) is 11.8 Å². The van der Waals surface area contributed by atoms with Crippen LogP contribution in [0.3, 0.4) is 0 Å². The fourth-order valence-corrected chi connectivity index (χ4v) is 2.14. The second kappa shape index (κ2) is 6.58. The number of nitrogens with one attached hydrogen (secondary N) is 1. The van der Waals surface area contributed by atoms with Crippen LogP contribution in [0.2, 0.25) is 0 Å². The van der Waals surface area contributed by atoms with Crippen molar-refractivity contribution in [1.29, 1.82) is 5.26 Å².